The monoisotopic (exact) mass is 194 g/mol. The maximum absolute atomic E-state index is 5.88. The molecule has 0 spiro atoms. The topological polar surface area (TPSA) is 47.1 Å². The van der Waals surface area contributed by atoms with Crippen molar-refractivity contribution in [2.45, 2.75) is 25.3 Å². The summed E-state index contributed by atoms with van der Waals surface area (Å²) in [7, 11) is 4.08. The molecule has 14 heavy (non-hydrogen) atoms. The van der Waals surface area contributed by atoms with E-state index in [1.165, 1.54) is 31.4 Å². The van der Waals surface area contributed by atoms with Crippen LogP contribution >= 0.6 is 0 Å². The minimum Gasteiger partial charge on any atom is -0.382 e. The predicted octanol–water partition coefficient (Wildman–Crippen LogP) is 1.16. The van der Waals surface area contributed by atoms with Gasteiger partial charge in [0.2, 0.25) is 0 Å². The average Bonchev–Trinajstić information content (AvgIpc) is 2.46. The third-order valence-electron chi connectivity index (χ3n) is 3.02. The molecular weight excluding hydrogens is 176 g/mol. The number of hydrogen-bond donors (Lipinski definition) is 1. The van der Waals surface area contributed by atoms with Crippen LogP contribution in [0.5, 0.6) is 0 Å². The van der Waals surface area contributed by atoms with E-state index >= 15 is 0 Å². The number of rotatable bonds is 1. The number of likely N-dealkylation sites (tertiary alicyclic amines) is 1. The highest BCUT2D eigenvalue weighted by Crippen LogP contribution is 2.31. The Morgan fingerprint density at radius 3 is 2.79 bits per heavy atom. The molecule has 1 aliphatic rings. The lowest BCUT2D eigenvalue weighted by atomic mass is 9.98. The molecule has 0 aliphatic carbocycles. The van der Waals surface area contributed by atoms with Crippen molar-refractivity contribution in [2.75, 3.05) is 19.3 Å². The van der Waals surface area contributed by atoms with E-state index in [1.54, 1.807) is 4.68 Å². The normalized spacial score (nSPS) is 24.0. The number of aromatic nitrogens is 2. The number of nitrogens with two attached hydrogens (primary N) is 1. The Bertz CT molecular complexity index is 318. The molecular formula is C10H18N4. The molecule has 1 aromatic heterocycles. The highest BCUT2D eigenvalue weighted by molar-refractivity contribution is 5.40. The van der Waals surface area contributed by atoms with Crippen LogP contribution in [0.3, 0.4) is 0 Å². The minimum atomic E-state index is 0.470. The molecule has 1 aromatic rings. The Labute approximate surface area is 84.7 Å². The molecule has 2 rings (SSSR count). The number of piperidine rings is 1. The van der Waals surface area contributed by atoms with Crippen molar-refractivity contribution in [3.63, 3.8) is 0 Å². The molecule has 1 aliphatic heterocycles. The molecule has 1 unspecified atom stereocenters. The lowest BCUT2D eigenvalue weighted by Crippen LogP contribution is -2.29. The van der Waals surface area contributed by atoms with E-state index in [-0.39, 0.29) is 0 Å². The summed E-state index contributed by atoms with van der Waals surface area (Å²) in [6.07, 6.45) is 5.84. The zero-order valence-corrected chi connectivity index (χ0v) is 8.90. The average molecular weight is 194 g/mol. The molecule has 1 atom stereocenters. The van der Waals surface area contributed by atoms with Gasteiger partial charge < -0.3 is 5.73 Å². The molecule has 0 saturated carbocycles. The Morgan fingerprint density at radius 2 is 2.21 bits per heavy atom. The van der Waals surface area contributed by atoms with Crippen LogP contribution in [0.4, 0.5) is 5.82 Å². The fraction of sp³-hybridized carbons (Fsp3) is 0.700. The van der Waals surface area contributed by atoms with E-state index in [0.717, 1.165) is 0 Å². The van der Waals surface area contributed by atoms with Crippen molar-refractivity contribution in [3.05, 3.63) is 11.8 Å². The second kappa shape index (κ2) is 3.61. The van der Waals surface area contributed by atoms with Crippen LogP contribution in [-0.2, 0) is 7.05 Å². The van der Waals surface area contributed by atoms with Crippen LogP contribution in [0.15, 0.2) is 6.20 Å². The molecule has 0 bridgehead atoms. The molecule has 4 heteroatoms. The summed E-state index contributed by atoms with van der Waals surface area (Å²) in [6.45, 7) is 1.17. The van der Waals surface area contributed by atoms with Crippen molar-refractivity contribution in [1.82, 2.24) is 14.7 Å². The van der Waals surface area contributed by atoms with E-state index in [4.69, 9.17) is 5.73 Å². The van der Waals surface area contributed by atoms with E-state index in [0.29, 0.717) is 11.9 Å². The number of nitrogens with zero attached hydrogens (tertiary/aromatic N) is 3. The zero-order valence-electron chi connectivity index (χ0n) is 8.90. The summed E-state index contributed by atoms with van der Waals surface area (Å²) in [6, 6.07) is 0.470. The Kier molecular flexibility index (Phi) is 2.46. The van der Waals surface area contributed by atoms with Gasteiger partial charge in [-0.3, -0.25) is 9.58 Å². The zero-order chi connectivity index (χ0) is 10.1. The summed E-state index contributed by atoms with van der Waals surface area (Å²) in [5.41, 5.74) is 7.07. The predicted molar refractivity (Wildman–Crippen MR) is 56.8 cm³/mol. The van der Waals surface area contributed by atoms with Gasteiger partial charge in [-0.05, 0) is 26.4 Å². The fourth-order valence-corrected chi connectivity index (χ4v) is 2.25. The van der Waals surface area contributed by atoms with Crippen molar-refractivity contribution in [2.24, 2.45) is 7.05 Å². The number of nitrogen functional groups attached to an aromatic ring is 1. The van der Waals surface area contributed by atoms with Gasteiger partial charge in [0.25, 0.3) is 0 Å². The molecule has 0 amide bonds. The summed E-state index contributed by atoms with van der Waals surface area (Å²) in [5.74, 6) is 0.686. The highest BCUT2D eigenvalue weighted by atomic mass is 15.3. The Morgan fingerprint density at radius 1 is 1.43 bits per heavy atom. The number of hydrogen-bond acceptors (Lipinski definition) is 3. The van der Waals surface area contributed by atoms with Crippen LogP contribution in [0, 0.1) is 0 Å². The van der Waals surface area contributed by atoms with Gasteiger partial charge in [-0.2, -0.15) is 5.10 Å². The van der Waals surface area contributed by atoms with Gasteiger partial charge in [0, 0.05) is 24.8 Å². The first kappa shape index (κ1) is 9.52. The van der Waals surface area contributed by atoms with E-state index in [2.05, 4.69) is 17.0 Å². The molecule has 4 nitrogen and oxygen atoms in total. The molecule has 2 N–H and O–H groups in total. The molecule has 2 heterocycles. The standard InChI is InChI=1S/C10H18N4/c1-13-6-4-3-5-9(13)8-7-14(2)12-10(8)11/h7,9H,3-6H2,1-2H3,(H2,11,12). The molecule has 1 fully saturated rings. The molecule has 78 valence electrons. The second-order valence-electron chi connectivity index (χ2n) is 4.14. The van der Waals surface area contributed by atoms with Gasteiger partial charge in [-0.1, -0.05) is 6.42 Å². The second-order valence-corrected chi connectivity index (χ2v) is 4.14. The first-order valence-electron chi connectivity index (χ1n) is 5.17. The molecule has 0 radical (unpaired) electrons. The maximum atomic E-state index is 5.88. The van der Waals surface area contributed by atoms with Crippen molar-refractivity contribution >= 4 is 5.82 Å². The highest BCUT2D eigenvalue weighted by Gasteiger charge is 2.23. The summed E-state index contributed by atoms with van der Waals surface area (Å²) in [5, 5.41) is 4.19. The third-order valence-corrected chi connectivity index (χ3v) is 3.02. The third kappa shape index (κ3) is 1.62. The number of anilines is 1. The SMILES string of the molecule is CN1CCCCC1c1cn(C)nc1N. The Balaban J connectivity index is 2.24. The number of aryl methyl sites for hydroxylation is 1. The van der Waals surface area contributed by atoms with Crippen LogP contribution in [0.1, 0.15) is 30.9 Å². The van der Waals surface area contributed by atoms with E-state index in [1.807, 2.05) is 13.2 Å². The van der Waals surface area contributed by atoms with Gasteiger partial charge in [0.05, 0.1) is 0 Å². The maximum Gasteiger partial charge on any atom is 0.150 e. The van der Waals surface area contributed by atoms with Crippen molar-refractivity contribution in [1.29, 1.82) is 0 Å². The smallest absolute Gasteiger partial charge is 0.150 e. The van der Waals surface area contributed by atoms with Gasteiger partial charge in [0.1, 0.15) is 5.82 Å². The fourth-order valence-electron chi connectivity index (χ4n) is 2.25. The van der Waals surface area contributed by atoms with Gasteiger partial charge in [-0.15, -0.1) is 0 Å². The van der Waals surface area contributed by atoms with Gasteiger partial charge in [0.15, 0.2) is 0 Å². The van der Waals surface area contributed by atoms with Crippen molar-refractivity contribution in [3.8, 4) is 0 Å². The first-order chi connectivity index (χ1) is 6.68. The van der Waals surface area contributed by atoms with Gasteiger partial charge >= 0.3 is 0 Å². The first-order valence-corrected chi connectivity index (χ1v) is 5.17. The lowest BCUT2D eigenvalue weighted by molar-refractivity contribution is 0.188. The minimum absolute atomic E-state index is 0.470. The summed E-state index contributed by atoms with van der Waals surface area (Å²) < 4.78 is 1.80. The summed E-state index contributed by atoms with van der Waals surface area (Å²) in [4.78, 5) is 2.37. The van der Waals surface area contributed by atoms with Crippen LogP contribution in [0.25, 0.3) is 0 Å². The largest absolute Gasteiger partial charge is 0.382 e. The van der Waals surface area contributed by atoms with Crippen LogP contribution in [0.2, 0.25) is 0 Å². The summed E-state index contributed by atoms with van der Waals surface area (Å²) >= 11 is 0. The molecule has 0 aromatic carbocycles. The van der Waals surface area contributed by atoms with Gasteiger partial charge in [-0.25, -0.2) is 0 Å². The van der Waals surface area contributed by atoms with E-state index in [9.17, 15) is 0 Å². The quantitative estimate of drug-likeness (QED) is 0.729. The lowest BCUT2D eigenvalue weighted by Gasteiger charge is -2.31. The molecule has 1 saturated heterocycles. The van der Waals surface area contributed by atoms with Crippen molar-refractivity contribution < 1.29 is 0 Å². The Hall–Kier alpha value is -1.03. The van der Waals surface area contributed by atoms with E-state index < -0.39 is 0 Å². The van der Waals surface area contributed by atoms with Crippen LogP contribution < -0.4 is 5.73 Å². The van der Waals surface area contributed by atoms with Crippen LogP contribution in [-0.4, -0.2) is 28.3 Å².